The van der Waals surface area contributed by atoms with Crippen LogP contribution in [0.5, 0.6) is 0 Å². The van der Waals surface area contributed by atoms with Gasteiger partial charge in [0.1, 0.15) is 0 Å². The summed E-state index contributed by atoms with van der Waals surface area (Å²) in [6, 6.07) is 8.57. The van der Waals surface area contributed by atoms with Crippen molar-refractivity contribution in [3.63, 3.8) is 0 Å². The fourth-order valence-corrected chi connectivity index (χ4v) is 1.96. The summed E-state index contributed by atoms with van der Waals surface area (Å²) in [6.07, 6.45) is 3.13. The third-order valence-electron chi connectivity index (χ3n) is 3.04. The SMILES string of the molecule is CC(=O)c1cc(C(=O)[C@H](C#N)c2ccccn2)n(C)c1. The fourth-order valence-electron chi connectivity index (χ4n) is 1.96. The zero-order valence-corrected chi connectivity index (χ0v) is 11.2. The number of carbonyl (C=O) groups excluding carboxylic acids is 2. The van der Waals surface area contributed by atoms with E-state index in [4.69, 9.17) is 0 Å². The van der Waals surface area contributed by atoms with Gasteiger partial charge in [0.25, 0.3) is 0 Å². The largest absolute Gasteiger partial charge is 0.347 e. The van der Waals surface area contributed by atoms with Crippen molar-refractivity contribution < 1.29 is 9.59 Å². The minimum Gasteiger partial charge on any atom is -0.347 e. The van der Waals surface area contributed by atoms with Crippen molar-refractivity contribution in [3.8, 4) is 6.07 Å². The van der Waals surface area contributed by atoms with Crippen molar-refractivity contribution in [2.45, 2.75) is 12.8 Å². The highest BCUT2D eigenvalue weighted by Gasteiger charge is 2.25. The number of pyridine rings is 1. The molecule has 2 heterocycles. The fraction of sp³-hybridized carbons (Fsp3) is 0.200. The van der Waals surface area contributed by atoms with Gasteiger partial charge in [-0.1, -0.05) is 6.07 Å². The molecule has 0 unspecified atom stereocenters. The van der Waals surface area contributed by atoms with Crippen LogP contribution in [0.15, 0.2) is 36.7 Å². The normalized spacial score (nSPS) is 11.7. The van der Waals surface area contributed by atoms with E-state index in [2.05, 4.69) is 4.98 Å². The average Bonchev–Trinajstić information content (AvgIpc) is 2.83. The molecule has 2 rings (SSSR count). The number of hydrogen-bond donors (Lipinski definition) is 0. The van der Waals surface area contributed by atoms with Crippen molar-refractivity contribution in [1.82, 2.24) is 9.55 Å². The summed E-state index contributed by atoms with van der Waals surface area (Å²) in [5.41, 5.74) is 1.19. The van der Waals surface area contributed by atoms with Crippen LogP contribution in [-0.2, 0) is 7.05 Å². The number of rotatable bonds is 4. The Balaban J connectivity index is 2.40. The number of nitrogens with zero attached hydrogens (tertiary/aromatic N) is 3. The molecule has 0 N–H and O–H groups in total. The van der Waals surface area contributed by atoms with Gasteiger partial charge in [0, 0.05) is 25.0 Å². The maximum atomic E-state index is 12.4. The van der Waals surface area contributed by atoms with Gasteiger partial charge in [0.15, 0.2) is 11.7 Å². The standard InChI is InChI=1S/C15H13N3O2/c1-10(19)11-7-14(18(2)9-11)15(20)12(8-16)13-5-3-4-6-17-13/h3-7,9,12H,1-2H3/t12-/m1/s1. The molecule has 0 bridgehead atoms. The topological polar surface area (TPSA) is 75.8 Å². The lowest BCUT2D eigenvalue weighted by Crippen LogP contribution is -2.15. The molecule has 0 aliphatic carbocycles. The minimum absolute atomic E-state index is 0.119. The lowest BCUT2D eigenvalue weighted by atomic mass is 9.98. The predicted octanol–water partition coefficient (Wildman–Crippen LogP) is 2.11. The molecule has 5 heteroatoms. The summed E-state index contributed by atoms with van der Waals surface area (Å²) >= 11 is 0. The first kappa shape index (κ1) is 13.7. The third-order valence-corrected chi connectivity index (χ3v) is 3.04. The number of carbonyl (C=O) groups is 2. The number of aryl methyl sites for hydroxylation is 1. The molecule has 0 fully saturated rings. The molecule has 0 radical (unpaired) electrons. The Morgan fingerprint density at radius 3 is 2.65 bits per heavy atom. The Bertz CT molecular complexity index is 696. The van der Waals surface area contributed by atoms with Gasteiger partial charge in [-0.2, -0.15) is 5.26 Å². The molecule has 5 nitrogen and oxygen atoms in total. The molecule has 0 amide bonds. The monoisotopic (exact) mass is 267 g/mol. The van der Waals surface area contributed by atoms with Crippen LogP contribution in [0.4, 0.5) is 0 Å². The summed E-state index contributed by atoms with van der Waals surface area (Å²) in [5, 5.41) is 9.23. The number of Topliss-reactive ketones (excluding diaryl/α,β-unsaturated/α-hetero) is 2. The smallest absolute Gasteiger partial charge is 0.202 e. The predicted molar refractivity (Wildman–Crippen MR) is 72.3 cm³/mol. The summed E-state index contributed by atoms with van der Waals surface area (Å²) in [7, 11) is 1.67. The second kappa shape index (κ2) is 5.49. The maximum absolute atomic E-state index is 12.4. The molecule has 100 valence electrons. The lowest BCUT2D eigenvalue weighted by molar-refractivity contribution is 0.0969. The molecule has 20 heavy (non-hydrogen) atoms. The molecular formula is C15H13N3O2. The molecule has 0 aliphatic rings. The molecule has 0 spiro atoms. The van der Waals surface area contributed by atoms with Crippen LogP contribution in [0.1, 0.15) is 39.4 Å². The molecule has 2 aromatic rings. The van der Waals surface area contributed by atoms with Gasteiger partial charge in [-0.3, -0.25) is 14.6 Å². The Labute approximate surface area is 116 Å². The van der Waals surface area contributed by atoms with Crippen LogP contribution in [0.2, 0.25) is 0 Å². The van der Waals surface area contributed by atoms with Crippen LogP contribution in [0.3, 0.4) is 0 Å². The quantitative estimate of drug-likeness (QED) is 0.795. The van der Waals surface area contributed by atoms with Crippen molar-refractivity contribution in [1.29, 1.82) is 5.26 Å². The maximum Gasteiger partial charge on any atom is 0.202 e. The first-order valence-electron chi connectivity index (χ1n) is 6.06. The Kier molecular flexibility index (Phi) is 3.76. The lowest BCUT2D eigenvalue weighted by Gasteiger charge is -2.08. The molecule has 2 aromatic heterocycles. The highest BCUT2D eigenvalue weighted by atomic mass is 16.1. The molecule has 0 saturated heterocycles. The number of hydrogen-bond acceptors (Lipinski definition) is 4. The van der Waals surface area contributed by atoms with E-state index < -0.39 is 5.92 Å². The molecule has 0 aliphatic heterocycles. The van der Waals surface area contributed by atoms with E-state index in [0.717, 1.165) is 0 Å². The van der Waals surface area contributed by atoms with Gasteiger partial charge < -0.3 is 4.57 Å². The highest BCUT2D eigenvalue weighted by molar-refractivity contribution is 6.04. The number of nitriles is 1. The van der Waals surface area contributed by atoms with Crippen LogP contribution < -0.4 is 0 Å². The van der Waals surface area contributed by atoms with Gasteiger partial charge in [0.05, 0.1) is 17.5 Å². The van der Waals surface area contributed by atoms with Crippen LogP contribution in [0.25, 0.3) is 0 Å². The van der Waals surface area contributed by atoms with Gasteiger partial charge in [0.2, 0.25) is 5.78 Å². The number of aromatic nitrogens is 2. The highest BCUT2D eigenvalue weighted by Crippen LogP contribution is 2.20. The van der Waals surface area contributed by atoms with E-state index in [1.54, 1.807) is 42.2 Å². The molecule has 0 saturated carbocycles. The number of ketones is 2. The Morgan fingerprint density at radius 1 is 1.40 bits per heavy atom. The van der Waals surface area contributed by atoms with Crippen molar-refractivity contribution >= 4 is 11.6 Å². The van der Waals surface area contributed by atoms with E-state index in [1.807, 2.05) is 6.07 Å². The molecular weight excluding hydrogens is 254 g/mol. The van der Waals surface area contributed by atoms with Crippen molar-refractivity contribution in [2.24, 2.45) is 7.05 Å². The summed E-state index contributed by atoms with van der Waals surface area (Å²) in [4.78, 5) is 27.8. The van der Waals surface area contributed by atoms with Gasteiger partial charge in [-0.05, 0) is 25.1 Å². The first-order chi connectivity index (χ1) is 9.54. The van der Waals surface area contributed by atoms with Crippen LogP contribution >= 0.6 is 0 Å². The Hall–Kier alpha value is -2.74. The second-order valence-corrected chi connectivity index (χ2v) is 4.46. The van der Waals surface area contributed by atoms with E-state index in [1.165, 1.54) is 13.0 Å². The zero-order chi connectivity index (χ0) is 14.7. The van der Waals surface area contributed by atoms with E-state index in [9.17, 15) is 14.9 Å². The summed E-state index contributed by atoms with van der Waals surface area (Å²) < 4.78 is 1.56. The van der Waals surface area contributed by atoms with Gasteiger partial charge in [-0.25, -0.2) is 0 Å². The Morgan fingerprint density at radius 2 is 2.15 bits per heavy atom. The average molecular weight is 267 g/mol. The summed E-state index contributed by atoms with van der Waals surface area (Å²) in [6.45, 7) is 1.43. The van der Waals surface area contributed by atoms with E-state index in [0.29, 0.717) is 17.0 Å². The molecule has 1 atom stereocenters. The van der Waals surface area contributed by atoms with E-state index >= 15 is 0 Å². The van der Waals surface area contributed by atoms with Crippen LogP contribution in [-0.4, -0.2) is 21.1 Å². The zero-order valence-electron chi connectivity index (χ0n) is 11.2. The third kappa shape index (κ3) is 2.50. The van der Waals surface area contributed by atoms with Gasteiger partial charge >= 0.3 is 0 Å². The minimum atomic E-state index is -0.968. The summed E-state index contributed by atoms with van der Waals surface area (Å²) in [5.74, 6) is -1.45. The molecule has 0 aromatic carbocycles. The van der Waals surface area contributed by atoms with Crippen molar-refractivity contribution in [2.75, 3.05) is 0 Å². The van der Waals surface area contributed by atoms with Crippen molar-refractivity contribution in [3.05, 3.63) is 53.6 Å². The van der Waals surface area contributed by atoms with Gasteiger partial charge in [-0.15, -0.1) is 0 Å². The second-order valence-electron chi connectivity index (χ2n) is 4.46. The first-order valence-corrected chi connectivity index (χ1v) is 6.06. The van der Waals surface area contributed by atoms with Crippen LogP contribution in [0, 0.1) is 11.3 Å². The van der Waals surface area contributed by atoms with E-state index in [-0.39, 0.29) is 11.6 Å².